The van der Waals surface area contributed by atoms with Crippen LogP contribution in [0.5, 0.6) is 0 Å². The predicted octanol–water partition coefficient (Wildman–Crippen LogP) is 5.89. The molecule has 0 saturated heterocycles. The number of amides is 5. The van der Waals surface area contributed by atoms with Gasteiger partial charge >= 0.3 is 5.97 Å². The summed E-state index contributed by atoms with van der Waals surface area (Å²) in [5, 5.41) is 19.9. The summed E-state index contributed by atoms with van der Waals surface area (Å²) in [5.74, 6) is -3.14. The van der Waals surface area contributed by atoms with Gasteiger partial charge in [0.1, 0.15) is 24.7 Å². The van der Waals surface area contributed by atoms with Crippen molar-refractivity contribution in [1.29, 1.82) is 0 Å². The van der Waals surface area contributed by atoms with E-state index in [0.717, 1.165) is 29.5 Å². The van der Waals surface area contributed by atoms with Crippen molar-refractivity contribution in [3.8, 4) is 0 Å². The number of ether oxygens (including phenoxy) is 1. The van der Waals surface area contributed by atoms with Crippen LogP contribution in [0.1, 0.15) is 97.7 Å². The minimum Gasteiger partial charge on any atom is -0.459 e. The van der Waals surface area contributed by atoms with Crippen molar-refractivity contribution in [3.05, 3.63) is 143 Å². The van der Waals surface area contributed by atoms with Crippen LogP contribution in [0.3, 0.4) is 0 Å². The highest BCUT2D eigenvalue weighted by atomic mass is 16.5. The number of aliphatic hydroxyl groups excluding tert-OH is 1. The number of carbonyl (C=O) groups is 6. The van der Waals surface area contributed by atoms with Crippen molar-refractivity contribution in [3.63, 3.8) is 0 Å². The molecular weight excluding hydrogens is 811 g/mol. The standard InChI is InChI=1S/C51H65N5O8/c1-7-27-56(28-8-2)50(62)41-26-18-25-40(32-41)47(59)54-42(30-37-19-12-9-13-20-37)45(57)33-46(58)53-43(29-35(3)4)48(60)52-36(5)49(61)55(6)44(31-38-21-14-10-15-22-38)51(63)64-34-39-23-16-11-17-24-39/h9-26,32,35-36,42-45,57H,7-8,27-31,33-34H2,1-6H3,(H,52,60)(H,53,58)(H,54,59)/t36-,42-,43-,44+,45-/m0/s1. The molecular formula is C51H65N5O8. The number of nitrogens with zero attached hydrogens (tertiary/aromatic N) is 2. The molecule has 0 heterocycles. The van der Waals surface area contributed by atoms with E-state index in [1.165, 1.54) is 24.9 Å². The second-order valence-electron chi connectivity index (χ2n) is 16.6. The quantitative estimate of drug-likeness (QED) is 0.0631. The molecule has 64 heavy (non-hydrogen) atoms. The molecule has 5 amide bonds. The number of benzene rings is 4. The van der Waals surface area contributed by atoms with Crippen molar-refractivity contribution < 1.29 is 38.6 Å². The Labute approximate surface area is 378 Å². The highest BCUT2D eigenvalue weighted by Crippen LogP contribution is 2.16. The Balaban J connectivity index is 1.45. The number of likely N-dealkylation sites (N-methyl/N-ethyl adjacent to an activating group) is 1. The van der Waals surface area contributed by atoms with Gasteiger partial charge in [-0.15, -0.1) is 0 Å². The van der Waals surface area contributed by atoms with Crippen LogP contribution in [0.15, 0.2) is 115 Å². The van der Waals surface area contributed by atoms with Gasteiger partial charge in [0.05, 0.1) is 18.6 Å². The van der Waals surface area contributed by atoms with Gasteiger partial charge in [0.2, 0.25) is 17.7 Å². The third kappa shape index (κ3) is 15.8. The van der Waals surface area contributed by atoms with Crippen LogP contribution in [0, 0.1) is 5.92 Å². The molecule has 5 atom stereocenters. The lowest BCUT2D eigenvalue weighted by molar-refractivity contribution is -0.156. The average molecular weight is 876 g/mol. The molecule has 0 aliphatic heterocycles. The third-order valence-corrected chi connectivity index (χ3v) is 10.8. The van der Waals surface area contributed by atoms with Gasteiger partial charge in [-0.3, -0.25) is 24.0 Å². The van der Waals surface area contributed by atoms with Crippen LogP contribution in [0.25, 0.3) is 0 Å². The predicted molar refractivity (Wildman–Crippen MR) is 247 cm³/mol. The van der Waals surface area contributed by atoms with E-state index < -0.39 is 66.3 Å². The van der Waals surface area contributed by atoms with Gasteiger partial charge in [-0.2, -0.15) is 0 Å². The third-order valence-electron chi connectivity index (χ3n) is 10.8. The van der Waals surface area contributed by atoms with E-state index in [-0.39, 0.29) is 43.3 Å². The fraction of sp³-hybridized carbons (Fsp3) is 0.412. The Bertz CT molecular complexity index is 2110. The Hall–Kier alpha value is -6.34. The molecule has 0 spiro atoms. The van der Waals surface area contributed by atoms with E-state index in [4.69, 9.17) is 4.74 Å². The van der Waals surface area contributed by atoms with Crippen molar-refractivity contribution in [2.75, 3.05) is 20.1 Å². The van der Waals surface area contributed by atoms with Gasteiger partial charge in [0.15, 0.2) is 0 Å². The maximum Gasteiger partial charge on any atom is 0.329 e. The first-order chi connectivity index (χ1) is 30.7. The first-order valence-corrected chi connectivity index (χ1v) is 22.2. The Kier molecular flexibility index (Phi) is 20.2. The van der Waals surface area contributed by atoms with Gasteiger partial charge in [-0.25, -0.2) is 4.79 Å². The lowest BCUT2D eigenvalue weighted by atomic mass is 9.97. The summed E-state index contributed by atoms with van der Waals surface area (Å²) in [4.78, 5) is 85.0. The maximum absolute atomic E-state index is 13.9. The maximum atomic E-state index is 13.9. The molecule has 342 valence electrons. The zero-order chi connectivity index (χ0) is 46.6. The monoisotopic (exact) mass is 875 g/mol. The molecule has 0 aromatic heterocycles. The van der Waals surface area contributed by atoms with Crippen LogP contribution in [-0.4, -0.2) is 101 Å². The van der Waals surface area contributed by atoms with Crippen molar-refractivity contribution in [1.82, 2.24) is 25.8 Å². The number of hydrogen-bond acceptors (Lipinski definition) is 8. The zero-order valence-electron chi connectivity index (χ0n) is 38.0. The van der Waals surface area contributed by atoms with E-state index in [0.29, 0.717) is 18.7 Å². The fourth-order valence-electron chi connectivity index (χ4n) is 7.40. The van der Waals surface area contributed by atoms with Crippen LogP contribution in [-0.2, 0) is 43.4 Å². The van der Waals surface area contributed by atoms with E-state index in [9.17, 15) is 33.9 Å². The van der Waals surface area contributed by atoms with E-state index >= 15 is 0 Å². The molecule has 0 saturated carbocycles. The van der Waals surface area contributed by atoms with Gasteiger partial charge in [-0.05, 0) is 73.4 Å². The van der Waals surface area contributed by atoms with E-state index in [1.54, 1.807) is 23.1 Å². The molecule has 4 aromatic rings. The lowest BCUT2D eigenvalue weighted by Crippen LogP contribution is -2.56. The summed E-state index contributed by atoms with van der Waals surface area (Å²) in [5.41, 5.74) is 3.02. The normalized spacial score (nSPS) is 13.4. The number of esters is 1. The molecule has 0 fully saturated rings. The van der Waals surface area contributed by atoms with Gasteiger partial charge in [0.25, 0.3) is 11.8 Å². The Morgan fingerprint density at radius 3 is 1.78 bits per heavy atom. The number of nitrogens with one attached hydrogen (secondary N) is 3. The largest absolute Gasteiger partial charge is 0.459 e. The summed E-state index contributed by atoms with van der Waals surface area (Å²) in [7, 11) is 1.49. The van der Waals surface area contributed by atoms with Gasteiger partial charge in [0, 0.05) is 37.7 Å². The molecule has 0 aliphatic rings. The summed E-state index contributed by atoms with van der Waals surface area (Å²) < 4.78 is 5.66. The summed E-state index contributed by atoms with van der Waals surface area (Å²) in [6.07, 6.45) is 0.352. The molecule has 13 heteroatoms. The first-order valence-electron chi connectivity index (χ1n) is 22.2. The van der Waals surface area contributed by atoms with Crippen LogP contribution in [0.2, 0.25) is 0 Å². The highest BCUT2D eigenvalue weighted by molar-refractivity contribution is 6.00. The minimum absolute atomic E-state index is 0.0251. The van der Waals surface area contributed by atoms with Crippen LogP contribution in [0.4, 0.5) is 0 Å². The average Bonchev–Trinajstić information content (AvgIpc) is 3.29. The molecule has 13 nitrogen and oxygen atoms in total. The van der Waals surface area contributed by atoms with Crippen molar-refractivity contribution in [2.24, 2.45) is 5.92 Å². The van der Waals surface area contributed by atoms with Crippen LogP contribution >= 0.6 is 0 Å². The number of rotatable bonds is 24. The lowest BCUT2D eigenvalue weighted by Gasteiger charge is -2.30. The van der Waals surface area contributed by atoms with Gasteiger partial charge < -0.3 is 35.6 Å². The summed E-state index contributed by atoms with van der Waals surface area (Å²) >= 11 is 0. The number of aliphatic hydroxyl groups is 1. The molecule has 0 radical (unpaired) electrons. The molecule has 4 N–H and O–H groups in total. The molecule has 4 aromatic carbocycles. The second kappa shape index (κ2) is 25.7. The fourth-order valence-corrected chi connectivity index (χ4v) is 7.40. The summed E-state index contributed by atoms with van der Waals surface area (Å²) in [6.45, 7) is 10.5. The molecule has 0 aliphatic carbocycles. The van der Waals surface area contributed by atoms with Gasteiger partial charge in [-0.1, -0.05) is 125 Å². The smallest absolute Gasteiger partial charge is 0.329 e. The first kappa shape index (κ1) is 50.3. The molecule has 0 bridgehead atoms. The Morgan fingerprint density at radius 1 is 0.672 bits per heavy atom. The highest BCUT2D eigenvalue weighted by Gasteiger charge is 2.34. The summed E-state index contributed by atoms with van der Waals surface area (Å²) in [6, 6.07) is 30.0. The number of carbonyl (C=O) groups excluding carboxylic acids is 6. The minimum atomic E-state index is -1.38. The second-order valence-corrected chi connectivity index (χ2v) is 16.6. The molecule has 0 unspecified atom stereocenters. The molecule has 4 rings (SSSR count). The van der Waals surface area contributed by atoms with E-state index in [2.05, 4.69) is 16.0 Å². The SMILES string of the molecule is CCCN(CCC)C(=O)c1cccc(C(=O)N[C@@H](Cc2ccccc2)[C@@H](O)CC(=O)N[C@@H](CC(C)C)C(=O)N[C@@H](C)C(=O)N(C)[C@H](Cc2ccccc2)C(=O)OCc2ccccc2)c1. The van der Waals surface area contributed by atoms with Crippen molar-refractivity contribution >= 4 is 35.5 Å². The van der Waals surface area contributed by atoms with Crippen LogP contribution < -0.4 is 16.0 Å². The topological polar surface area (TPSA) is 174 Å². The Morgan fingerprint density at radius 2 is 1.22 bits per heavy atom. The van der Waals surface area contributed by atoms with E-state index in [1.807, 2.05) is 119 Å². The number of hydrogen-bond donors (Lipinski definition) is 4. The van der Waals surface area contributed by atoms with Crippen molar-refractivity contribution in [2.45, 2.75) is 110 Å². The zero-order valence-corrected chi connectivity index (χ0v) is 38.0.